The van der Waals surface area contributed by atoms with E-state index >= 15 is 0 Å². The molecule has 7 heteroatoms. The van der Waals surface area contributed by atoms with E-state index in [0.29, 0.717) is 17.8 Å². The second kappa shape index (κ2) is 8.34. The van der Waals surface area contributed by atoms with Gasteiger partial charge in [0.05, 0.1) is 11.5 Å². The van der Waals surface area contributed by atoms with Crippen LogP contribution < -0.4 is 10.6 Å². The number of nitrogens with zero attached hydrogens (tertiary/aromatic N) is 1. The van der Waals surface area contributed by atoms with Crippen LogP contribution in [0, 0.1) is 10.1 Å². The first-order valence-electron chi connectivity index (χ1n) is 6.63. The molecule has 1 rings (SSSR count). The number of nitro benzene ring substituents is 1. The SMILES string of the molecule is CCC(CCO)Nc1ccc(NCCO)c([N+](=O)[O-])c1. The summed E-state index contributed by atoms with van der Waals surface area (Å²) in [5.41, 5.74) is 0.985. The first-order chi connectivity index (χ1) is 9.62. The fraction of sp³-hybridized carbons (Fsp3) is 0.538. The van der Waals surface area contributed by atoms with E-state index in [1.165, 1.54) is 6.07 Å². The standard InChI is InChI=1S/C13H21N3O4/c1-2-10(5-7-17)15-11-3-4-12(14-6-8-18)13(9-11)16(19)20/h3-4,9-10,14-15,17-18H,2,5-8H2,1H3. The third-order valence-electron chi connectivity index (χ3n) is 2.96. The van der Waals surface area contributed by atoms with Crippen molar-refractivity contribution in [3.63, 3.8) is 0 Å². The average molecular weight is 283 g/mol. The smallest absolute Gasteiger partial charge is 0.294 e. The summed E-state index contributed by atoms with van der Waals surface area (Å²) >= 11 is 0. The van der Waals surface area contributed by atoms with Gasteiger partial charge in [-0.25, -0.2) is 0 Å². The maximum absolute atomic E-state index is 11.1. The Hall–Kier alpha value is -1.86. The summed E-state index contributed by atoms with van der Waals surface area (Å²) in [6.45, 7) is 2.23. The van der Waals surface area contributed by atoms with Gasteiger partial charge in [-0.3, -0.25) is 10.1 Å². The molecule has 4 N–H and O–H groups in total. The van der Waals surface area contributed by atoms with E-state index in [0.717, 1.165) is 6.42 Å². The number of nitro groups is 1. The molecule has 1 aromatic rings. The van der Waals surface area contributed by atoms with Crippen molar-refractivity contribution in [1.82, 2.24) is 0 Å². The molecule has 0 aromatic heterocycles. The molecular formula is C13H21N3O4. The fourth-order valence-electron chi connectivity index (χ4n) is 1.88. The van der Waals surface area contributed by atoms with Crippen LogP contribution in [0.4, 0.5) is 17.1 Å². The first-order valence-corrected chi connectivity index (χ1v) is 6.63. The zero-order chi connectivity index (χ0) is 15.0. The van der Waals surface area contributed by atoms with Crippen LogP contribution in [0.2, 0.25) is 0 Å². The number of hydrogen-bond donors (Lipinski definition) is 4. The Balaban J connectivity index is 2.88. The van der Waals surface area contributed by atoms with Gasteiger partial charge in [0, 0.05) is 30.9 Å². The van der Waals surface area contributed by atoms with Gasteiger partial charge in [0.15, 0.2) is 0 Å². The van der Waals surface area contributed by atoms with Gasteiger partial charge >= 0.3 is 0 Å². The minimum atomic E-state index is -0.460. The lowest BCUT2D eigenvalue weighted by Gasteiger charge is -2.17. The lowest BCUT2D eigenvalue weighted by atomic mass is 10.1. The maximum Gasteiger partial charge on any atom is 0.294 e. The number of anilines is 2. The second-order valence-corrected chi connectivity index (χ2v) is 4.40. The largest absolute Gasteiger partial charge is 0.396 e. The van der Waals surface area contributed by atoms with E-state index in [9.17, 15) is 10.1 Å². The molecule has 0 radical (unpaired) electrons. The molecular weight excluding hydrogens is 262 g/mol. The summed E-state index contributed by atoms with van der Waals surface area (Å²) in [6, 6.07) is 4.89. The van der Waals surface area contributed by atoms with Crippen molar-refractivity contribution in [3.8, 4) is 0 Å². The summed E-state index contributed by atoms with van der Waals surface area (Å²) in [6.07, 6.45) is 1.41. The van der Waals surface area contributed by atoms with Crippen LogP contribution >= 0.6 is 0 Å². The summed E-state index contributed by atoms with van der Waals surface area (Å²) in [5.74, 6) is 0. The Morgan fingerprint density at radius 3 is 2.65 bits per heavy atom. The van der Waals surface area contributed by atoms with E-state index in [2.05, 4.69) is 10.6 Å². The summed E-state index contributed by atoms with van der Waals surface area (Å²) in [7, 11) is 0. The van der Waals surface area contributed by atoms with E-state index in [1.807, 2.05) is 6.92 Å². The van der Waals surface area contributed by atoms with Crippen molar-refractivity contribution in [2.75, 3.05) is 30.4 Å². The summed E-state index contributed by atoms with van der Waals surface area (Å²) in [4.78, 5) is 10.6. The zero-order valence-electron chi connectivity index (χ0n) is 11.5. The molecule has 20 heavy (non-hydrogen) atoms. The number of aliphatic hydroxyl groups excluding tert-OH is 2. The minimum absolute atomic E-state index is 0.0395. The summed E-state index contributed by atoms with van der Waals surface area (Å²) in [5, 5.41) is 34.7. The Kier molecular flexibility index (Phi) is 6.75. The molecule has 0 aliphatic carbocycles. The highest BCUT2D eigenvalue weighted by molar-refractivity contribution is 5.68. The van der Waals surface area contributed by atoms with Gasteiger partial charge in [-0.2, -0.15) is 0 Å². The molecule has 112 valence electrons. The molecule has 0 saturated carbocycles. The van der Waals surface area contributed by atoms with Gasteiger partial charge in [0.25, 0.3) is 5.69 Å². The third kappa shape index (κ3) is 4.67. The molecule has 0 aliphatic heterocycles. The molecule has 1 aromatic carbocycles. The van der Waals surface area contributed by atoms with Crippen LogP contribution in [0.25, 0.3) is 0 Å². The van der Waals surface area contributed by atoms with Crippen LogP contribution in [0.5, 0.6) is 0 Å². The number of benzene rings is 1. The van der Waals surface area contributed by atoms with Crippen LogP contribution in [-0.2, 0) is 0 Å². The van der Waals surface area contributed by atoms with Crippen molar-refractivity contribution in [2.24, 2.45) is 0 Å². The minimum Gasteiger partial charge on any atom is -0.396 e. The lowest BCUT2D eigenvalue weighted by molar-refractivity contribution is -0.383. The van der Waals surface area contributed by atoms with Gasteiger partial charge in [0.2, 0.25) is 0 Å². The Labute approximate surface area is 117 Å². The molecule has 1 unspecified atom stereocenters. The van der Waals surface area contributed by atoms with E-state index < -0.39 is 4.92 Å². The number of hydrogen-bond acceptors (Lipinski definition) is 6. The normalized spacial score (nSPS) is 11.9. The van der Waals surface area contributed by atoms with E-state index in [-0.39, 0.29) is 31.5 Å². The Morgan fingerprint density at radius 2 is 2.10 bits per heavy atom. The molecule has 0 aliphatic rings. The second-order valence-electron chi connectivity index (χ2n) is 4.40. The monoisotopic (exact) mass is 283 g/mol. The average Bonchev–Trinajstić information content (AvgIpc) is 2.45. The highest BCUT2D eigenvalue weighted by Gasteiger charge is 2.15. The van der Waals surface area contributed by atoms with Crippen LogP contribution in [0.15, 0.2) is 18.2 Å². The van der Waals surface area contributed by atoms with Crippen molar-refractivity contribution < 1.29 is 15.1 Å². The van der Waals surface area contributed by atoms with E-state index in [1.54, 1.807) is 12.1 Å². The molecule has 1 atom stereocenters. The van der Waals surface area contributed by atoms with Crippen LogP contribution in [0.1, 0.15) is 19.8 Å². The molecule has 0 fully saturated rings. The highest BCUT2D eigenvalue weighted by Crippen LogP contribution is 2.28. The van der Waals surface area contributed by atoms with Gasteiger partial charge in [-0.15, -0.1) is 0 Å². The van der Waals surface area contributed by atoms with E-state index in [4.69, 9.17) is 10.2 Å². The quantitative estimate of drug-likeness (QED) is 0.405. The molecule has 0 heterocycles. The number of rotatable bonds is 9. The van der Waals surface area contributed by atoms with Crippen molar-refractivity contribution in [2.45, 2.75) is 25.8 Å². The van der Waals surface area contributed by atoms with Gasteiger partial charge in [0.1, 0.15) is 5.69 Å². The van der Waals surface area contributed by atoms with Gasteiger partial charge < -0.3 is 20.8 Å². The first kappa shape index (κ1) is 16.2. The van der Waals surface area contributed by atoms with Gasteiger partial charge in [-0.05, 0) is 25.0 Å². The van der Waals surface area contributed by atoms with Gasteiger partial charge in [-0.1, -0.05) is 6.92 Å². The molecule has 7 nitrogen and oxygen atoms in total. The fourth-order valence-corrected chi connectivity index (χ4v) is 1.88. The Bertz CT molecular complexity index is 440. The highest BCUT2D eigenvalue weighted by atomic mass is 16.6. The maximum atomic E-state index is 11.1. The predicted octanol–water partition coefficient (Wildman–Crippen LogP) is 1.57. The van der Waals surface area contributed by atoms with Crippen molar-refractivity contribution >= 4 is 17.1 Å². The molecule has 0 saturated heterocycles. The molecule has 0 bridgehead atoms. The molecule has 0 amide bonds. The summed E-state index contributed by atoms with van der Waals surface area (Å²) < 4.78 is 0. The predicted molar refractivity (Wildman–Crippen MR) is 78.1 cm³/mol. The lowest BCUT2D eigenvalue weighted by Crippen LogP contribution is -2.20. The number of aliphatic hydroxyl groups is 2. The zero-order valence-corrected chi connectivity index (χ0v) is 11.5. The van der Waals surface area contributed by atoms with Crippen molar-refractivity contribution in [3.05, 3.63) is 28.3 Å². The van der Waals surface area contributed by atoms with Crippen LogP contribution in [-0.4, -0.2) is 40.9 Å². The number of nitrogens with one attached hydrogen (secondary N) is 2. The Morgan fingerprint density at radius 1 is 1.35 bits per heavy atom. The van der Waals surface area contributed by atoms with Crippen LogP contribution in [0.3, 0.4) is 0 Å². The topological polar surface area (TPSA) is 108 Å². The molecule has 0 spiro atoms. The third-order valence-corrected chi connectivity index (χ3v) is 2.96. The van der Waals surface area contributed by atoms with Crippen molar-refractivity contribution in [1.29, 1.82) is 0 Å².